The summed E-state index contributed by atoms with van der Waals surface area (Å²) in [5.41, 5.74) is 7.35. The molecule has 0 saturated carbocycles. The average Bonchev–Trinajstić information content (AvgIpc) is 2.87. The van der Waals surface area contributed by atoms with Crippen molar-refractivity contribution in [1.29, 1.82) is 0 Å². The topological polar surface area (TPSA) is 83.7 Å². The molecule has 2 N–H and O–H groups in total. The van der Waals surface area contributed by atoms with Crippen LogP contribution in [0.15, 0.2) is 23.1 Å². The molecule has 6 nitrogen and oxygen atoms in total. The largest absolute Gasteiger partial charge is 0.319 e. The zero-order chi connectivity index (χ0) is 17.6. The van der Waals surface area contributed by atoms with Crippen LogP contribution < -0.4 is 10.6 Å². The van der Waals surface area contributed by atoms with E-state index in [0.29, 0.717) is 18.7 Å². The highest BCUT2D eigenvalue weighted by molar-refractivity contribution is 7.89. The highest BCUT2D eigenvalue weighted by Crippen LogP contribution is 2.33. The summed E-state index contributed by atoms with van der Waals surface area (Å²) in [7, 11) is -0.558. The first-order chi connectivity index (χ1) is 10.5. The molecule has 1 heterocycles. The molecule has 1 aliphatic heterocycles. The summed E-state index contributed by atoms with van der Waals surface area (Å²) in [6.07, 6.45) is 0.709. The van der Waals surface area contributed by atoms with Gasteiger partial charge in [-0.1, -0.05) is 26.8 Å². The minimum atomic E-state index is -3.53. The maximum Gasteiger partial charge on any atom is 0.244 e. The molecule has 0 saturated heterocycles. The number of carbonyl (C=O) groups is 1. The number of halogens is 1. The third-order valence-corrected chi connectivity index (χ3v) is 6.01. The quantitative estimate of drug-likeness (QED) is 0.870. The van der Waals surface area contributed by atoms with Gasteiger partial charge in [0.1, 0.15) is 0 Å². The lowest BCUT2D eigenvalue weighted by molar-refractivity contribution is -0.121. The van der Waals surface area contributed by atoms with E-state index in [1.165, 1.54) is 14.1 Å². The van der Waals surface area contributed by atoms with Crippen LogP contribution in [0, 0.1) is 5.41 Å². The van der Waals surface area contributed by atoms with E-state index in [1.807, 2.05) is 20.8 Å². The van der Waals surface area contributed by atoms with Crippen molar-refractivity contribution in [3.05, 3.63) is 23.8 Å². The van der Waals surface area contributed by atoms with E-state index in [1.54, 1.807) is 23.1 Å². The lowest BCUT2D eigenvalue weighted by atomic mass is 9.86. The molecule has 0 aliphatic carbocycles. The van der Waals surface area contributed by atoms with Crippen molar-refractivity contribution in [3.63, 3.8) is 0 Å². The van der Waals surface area contributed by atoms with E-state index in [9.17, 15) is 13.2 Å². The molecule has 1 aromatic rings. The molecule has 24 heavy (non-hydrogen) atoms. The Balaban J connectivity index is 0.00000288. The van der Waals surface area contributed by atoms with Crippen molar-refractivity contribution < 1.29 is 13.2 Å². The van der Waals surface area contributed by atoms with Crippen LogP contribution in [0.25, 0.3) is 0 Å². The van der Waals surface area contributed by atoms with Crippen molar-refractivity contribution in [2.24, 2.45) is 11.1 Å². The van der Waals surface area contributed by atoms with E-state index >= 15 is 0 Å². The molecule has 1 aliphatic rings. The predicted octanol–water partition coefficient (Wildman–Crippen LogP) is 1.62. The zero-order valence-electron chi connectivity index (χ0n) is 14.7. The number of sulfonamides is 1. The van der Waals surface area contributed by atoms with Gasteiger partial charge in [0.2, 0.25) is 15.9 Å². The molecule has 0 unspecified atom stereocenters. The molecule has 1 atom stereocenters. The number of hydrogen-bond donors (Lipinski definition) is 1. The van der Waals surface area contributed by atoms with Gasteiger partial charge in [-0.25, -0.2) is 12.7 Å². The maximum absolute atomic E-state index is 12.7. The standard InChI is InChI=1S/C16H25N3O3S.ClH/c1-16(2,3)14(17)15(20)19-9-8-11-6-7-12(10-13(11)19)23(21,22)18(4)5;/h6-7,10,14H,8-9,17H2,1-5H3;1H/t14-;/m1./s1. The van der Waals surface area contributed by atoms with Crippen LogP contribution in [-0.4, -0.2) is 45.3 Å². The van der Waals surface area contributed by atoms with Crippen molar-refractivity contribution in [2.75, 3.05) is 25.5 Å². The first-order valence-electron chi connectivity index (χ1n) is 7.58. The molecule has 1 amide bonds. The number of nitrogens with zero attached hydrogens (tertiary/aromatic N) is 2. The van der Waals surface area contributed by atoms with Crippen molar-refractivity contribution >= 4 is 34.0 Å². The molecule has 0 radical (unpaired) electrons. The Morgan fingerprint density at radius 3 is 2.38 bits per heavy atom. The number of benzene rings is 1. The van der Waals surface area contributed by atoms with Gasteiger partial charge in [-0.2, -0.15) is 0 Å². The van der Waals surface area contributed by atoms with Crippen LogP contribution in [0.1, 0.15) is 26.3 Å². The summed E-state index contributed by atoms with van der Waals surface area (Å²) >= 11 is 0. The normalized spacial score (nSPS) is 15.9. The van der Waals surface area contributed by atoms with Crippen LogP contribution in [0.5, 0.6) is 0 Å². The Bertz CT molecular complexity index is 727. The smallest absolute Gasteiger partial charge is 0.244 e. The van der Waals surface area contributed by atoms with Crippen molar-refractivity contribution in [1.82, 2.24) is 4.31 Å². The Morgan fingerprint density at radius 1 is 1.29 bits per heavy atom. The fourth-order valence-corrected chi connectivity index (χ4v) is 3.42. The molecule has 0 spiro atoms. The van der Waals surface area contributed by atoms with Crippen molar-refractivity contribution in [3.8, 4) is 0 Å². The Kier molecular flexibility index (Phi) is 6.09. The predicted molar refractivity (Wildman–Crippen MR) is 98.1 cm³/mol. The summed E-state index contributed by atoms with van der Waals surface area (Å²) in [4.78, 5) is 14.5. The van der Waals surface area contributed by atoms with Gasteiger partial charge in [-0.05, 0) is 29.5 Å². The zero-order valence-corrected chi connectivity index (χ0v) is 16.4. The minimum absolute atomic E-state index is 0. The molecule has 136 valence electrons. The third kappa shape index (κ3) is 3.74. The minimum Gasteiger partial charge on any atom is -0.319 e. The van der Waals surface area contributed by atoms with Gasteiger partial charge in [-0.15, -0.1) is 12.4 Å². The molecule has 1 aromatic carbocycles. The van der Waals surface area contributed by atoms with Crippen LogP contribution in [0.3, 0.4) is 0 Å². The highest BCUT2D eigenvalue weighted by Gasteiger charge is 2.35. The molecular weight excluding hydrogens is 350 g/mol. The third-order valence-electron chi connectivity index (χ3n) is 4.20. The second-order valence-corrected chi connectivity index (χ2v) is 9.31. The lowest BCUT2D eigenvalue weighted by Gasteiger charge is -2.30. The van der Waals surface area contributed by atoms with E-state index in [4.69, 9.17) is 5.73 Å². The first-order valence-corrected chi connectivity index (χ1v) is 9.02. The van der Waals surface area contributed by atoms with Gasteiger partial charge < -0.3 is 10.6 Å². The lowest BCUT2D eigenvalue weighted by Crippen LogP contribution is -2.50. The summed E-state index contributed by atoms with van der Waals surface area (Å²) in [6.45, 7) is 6.28. The number of nitrogens with two attached hydrogens (primary N) is 1. The van der Waals surface area contributed by atoms with E-state index in [2.05, 4.69) is 0 Å². The molecular formula is C16H26ClN3O3S. The maximum atomic E-state index is 12.7. The molecule has 0 aromatic heterocycles. The van der Waals surface area contributed by atoms with E-state index in [0.717, 1.165) is 9.87 Å². The second kappa shape index (κ2) is 7.00. The van der Waals surface area contributed by atoms with Crippen LogP contribution in [0.2, 0.25) is 0 Å². The monoisotopic (exact) mass is 375 g/mol. The van der Waals surface area contributed by atoms with Crippen molar-refractivity contribution in [2.45, 2.75) is 38.1 Å². The van der Waals surface area contributed by atoms with Gasteiger partial charge in [0.25, 0.3) is 0 Å². The summed E-state index contributed by atoms with van der Waals surface area (Å²) in [5, 5.41) is 0. The molecule has 0 bridgehead atoms. The molecule has 0 fully saturated rings. The SMILES string of the molecule is CN(C)S(=O)(=O)c1ccc2c(c1)N(C(=O)[C@@H](N)C(C)(C)C)CC2.Cl. The molecule has 8 heteroatoms. The number of rotatable bonds is 3. The van der Waals surface area contributed by atoms with E-state index in [-0.39, 0.29) is 28.6 Å². The van der Waals surface area contributed by atoms with Crippen LogP contribution in [-0.2, 0) is 21.2 Å². The van der Waals surface area contributed by atoms with Gasteiger partial charge in [0.05, 0.1) is 10.9 Å². The number of anilines is 1. The van der Waals surface area contributed by atoms with Gasteiger partial charge in [-0.3, -0.25) is 4.79 Å². The highest BCUT2D eigenvalue weighted by atomic mass is 35.5. The van der Waals surface area contributed by atoms with Gasteiger partial charge >= 0.3 is 0 Å². The summed E-state index contributed by atoms with van der Waals surface area (Å²) in [5.74, 6) is -0.171. The Morgan fingerprint density at radius 2 is 1.88 bits per heavy atom. The Labute approximate surface area is 150 Å². The van der Waals surface area contributed by atoms with Crippen LogP contribution >= 0.6 is 12.4 Å². The van der Waals surface area contributed by atoms with E-state index < -0.39 is 16.1 Å². The van der Waals surface area contributed by atoms with Gasteiger partial charge in [0.15, 0.2) is 0 Å². The average molecular weight is 376 g/mol. The fraction of sp³-hybridized carbons (Fsp3) is 0.562. The number of amides is 1. The Hall–Kier alpha value is -1.15. The number of fused-ring (bicyclic) bond motifs is 1. The number of hydrogen-bond acceptors (Lipinski definition) is 4. The van der Waals surface area contributed by atoms with Gasteiger partial charge in [0, 0.05) is 26.3 Å². The van der Waals surface area contributed by atoms with Crippen LogP contribution in [0.4, 0.5) is 5.69 Å². The number of carbonyl (C=O) groups excluding carboxylic acids is 1. The molecule has 2 rings (SSSR count). The summed E-state index contributed by atoms with van der Waals surface area (Å²) in [6, 6.07) is 4.31. The first kappa shape index (κ1) is 20.9. The second-order valence-electron chi connectivity index (χ2n) is 7.16. The summed E-state index contributed by atoms with van der Waals surface area (Å²) < 4.78 is 25.8. The fourth-order valence-electron chi connectivity index (χ4n) is 2.50.